The van der Waals surface area contributed by atoms with E-state index in [0.717, 1.165) is 47.2 Å². The van der Waals surface area contributed by atoms with Gasteiger partial charge in [0.15, 0.2) is 0 Å². The van der Waals surface area contributed by atoms with E-state index in [2.05, 4.69) is 33.4 Å². The van der Waals surface area contributed by atoms with Gasteiger partial charge in [-0.05, 0) is 54.7 Å². The van der Waals surface area contributed by atoms with Crippen molar-refractivity contribution in [2.45, 2.75) is 63.4 Å². The maximum Gasteiger partial charge on any atom is 0.243 e. The van der Waals surface area contributed by atoms with Gasteiger partial charge in [-0.1, -0.05) is 60.0 Å². The molecule has 0 unspecified atom stereocenters. The molecule has 2 amide bonds. The van der Waals surface area contributed by atoms with E-state index >= 15 is 0 Å². The van der Waals surface area contributed by atoms with Gasteiger partial charge in [-0.3, -0.25) is 9.59 Å². The summed E-state index contributed by atoms with van der Waals surface area (Å²) in [4.78, 5) is 28.3. The molecular weight excluding hydrogens is 500 g/mol. The normalized spacial score (nSPS) is 14.6. The molecule has 1 aliphatic carbocycles. The first kappa shape index (κ1) is 25.6. The number of carbonyl (C=O) groups is 2. The lowest BCUT2D eigenvalue weighted by atomic mass is 10.1. The number of rotatable bonds is 11. The molecule has 0 aliphatic heterocycles. The van der Waals surface area contributed by atoms with Gasteiger partial charge in [0.2, 0.25) is 11.8 Å². The third-order valence-corrected chi connectivity index (χ3v) is 7.50. The molecule has 1 N–H and O–H groups in total. The van der Waals surface area contributed by atoms with E-state index in [0.29, 0.717) is 18.7 Å². The van der Waals surface area contributed by atoms with E-state index in [1.54, 1.807) is 23.8 Å². The van der Waals surface area contributed by atoms with Crippen molar-refractivity contribution in [1.29, 1.82) is 0 Å². The highest BCUT2D eigenvalue weighted by Crippen LogP contribution is 2.22. The van der Waals surface area contributed by atoms with Crippen molar-refractivity contribution in [3.63, 3.8) is 0 Å². The van der Waals surface area contributed by atoms with Gasteiger partial charge in [-0.25, -0.2) is 0 Å². The van der Waals surface area contributed by atoms with Crippen LogP contribution in [0.2, 0.25) is 0 Å². The molecule has 5 nitrogen and oxygen atoms in total. The lowest BCUT2D eigenvalue weighted by Gasteiger charge is -2.31. The van der Waals surface area contributed by atoms with Crippen molar-refractivity contribution in [2.75, 3.05) is 12.9 Å². The SMILES string of the molecule is CC[C@H](C(=O)NC1CCCC1)N(Cc1cccc(OC)c1)C(=O)CSCc1ccc(Br)cc1. The fourth-order valence-electron chi connectivity index (χ4n) is 4.17. The first-order valence-electron chi connectivity index (χ1n) is 11.5. The van der Waals surface area contributed by atoms with Crippen molar-refractivity contribution < 1.29 is 14.3 Å². The zero-order valence-electron chi connectivity index (χ0n) is 19.4. The zero-order chi connectivity index (χ0) is 23.6. The van der Waals surface area contributed by atoms with Gasteiger partial charge in [-0.2, -0.15) is 0 Å². The van der Waals surface area contributed by atoms with Crippen molar-refractivity contribution in [1.82, 2.24) is 10.2 Å². The Labute approximate surface area is 209 Å². The van der Waals surface area contributed by atoms with Crippen molar-refractivity contribution in [3.8, 4) is 5.75 Å². The van der Waals surface area contributed by atoms with Crippen LogP contribution in [0.3, 0.4) is 0 Å². The molecule has 1 fully saturated rings. The van der Waals surface area contributed by atoms with E-state index in [1.165, 1.54) is 5.56 Å². The average Bonchev–Trinajstić information content (AvgIpc) is 3.33. The quantitative estimate of drug-likeness (QED) is 0.411. The van der Waals surface area contributed by atoms with Gasteiger partial charge in [0, 0.05) is 22.8 Å². The second-order valence-corrected chi connectivity index (χ2v) is 10.3. The lowest BCUT2D eigenvalue weighted by molar-refractivity contribution is -0.139. The Morgan fingerprint density at radius 2 is 1.88 bits per heavy atom. The smallest absolute Gasteiger partial charge is 0.243 e. The molecule has 0 bridgehead atoms. The number of hydrogen-bond donors (Lipinski definition) is 1. The number of amides is 2. The summed E-state index contributed by atoms with van der Waals surface area (Å²) in [6.07, 6.45) is 4.93. The highest BCUT2D eigenvalue weighted by molar-refractivity contribution is 9.10. The second-order valence-electron chi connectivity index (χ2n) is 8.41. The summed E-state index contributed by atoms with van der Waals surface area (Å²) in [6, 6.07) is 15.6. The van der Waals surface area contributed by atoms with Gasteiger partial charge in [0.05, 0.1) is 12.9 Å². The Morgan fingerprint density at radius 1 is 1.15 bits per heavy atom. The first-order valence-corrected chi connectivity index (χ1v) is 13.5. The van der Waals surface area contributed by atoms with E-state index < -0.39 is 6.04 Å². The molecule has 0 heterocycles. The predicted octanol–water partition coefficient (Wildman–Crippen LogP) is 5.56. The number of methoxy groups -OCH3 is 1. The van der Waals surface area contributed by atoms with Crippen LogP contribution in [0.4, 0.5) is 0 Å². The largest absolute Gasteiger partial charge is 0.497 e. The summed E-state index contributed by atoms with van der Waals surface area (Å²) in [5.41, 5.74) is 2.12. The molecule has 1 aliphatic rings. The maximum absolute atomic E-state index is 13.4. The molecule has 0 aromatic heterocycles. The third-order valence-electron chi connectivity index (χ3n) is 5.98. The Morgan fingerprint density at radius 3 is 2.55 bits per heavy atom. The van der Waals surface area contributed by atoms with Crippen LogP contribution >= 0.6 is 27.7 Å². The average molecular weight is 534 g/mol. The number of nitrogens with one attached hydrogen (secondary N) is 1. The molecule has 0 spiro atoms. The molecule has 178 valence electrons. The third kappa shape index (κ3) is 7.78. The molecule has 7 heteroatoms. The van der Waals surface area contributed by atoms with Crippen LogP contribution in [0.5, 0.6) is 5.75 Å². The predicted molar refractivity (Wildman–Crippen MR) is 138 cm³/mol. The zero-order valence-corrected chi connectivity index (χ0v) is 21.8. The molecular formula is C26H33BrN2O3S. The van der Waals surface area contributed by atoms with Gasteiger partial charge < -0.3 is 15.0 Å². The fraction of sp³-hybridized carbons (Fsp3) is 0.462. The minimum absolute atomic E-state index is 0.0200. The minimum Gasteiger partial charge on any atom is -0.497 e. The Kier molecular flexibility index (Phi) is 10.1. The van der Waals surface area contributed by atoms with Crippen LogP contribution in [0.15, 0.2) is 53.0 Å². The Balaban J connectivity index is 1.71. The van der Waals surface area contributed by atoms with Crippen molar-refractivity contribution in [2.24, 2.45) is 0 Å². The van der Waals surface area contributed by atoms with E-state index in [1.807, 2.05) is 43.3 Å². The highest BCUT2D eigenvalue weighted by Gasteiger charge is 2.30. The number of carbonyl (C=O) groups excluding carboxylic acids is 2. The summed E-state index contributed by atoms with van der Waals surface area (Å²) in [5.74, 6) is 1.75. The number of thioether (sulfide) groups is 1. The van der Waals surface area contributed by atoms with Gasteiger partial charge in [-0.15, -0.1) is 11.8 Å². The summed E-state index contributed by atoms with van der Waals surface area (Å²) in [5, 5.41) is 3.19. The van der Waals surface area contributed by atoms with Crippen molar-refractivity contribution >= 4 is 39.5 Å². The molecule has 1 atom stereocenters. The molecule has 0 saturated heterocycles. The second kappa shape index (κ2) is 13.0. The monoisotopic (exact) mass is 532 g/mol. The number of halogens is 1. The first-order chi connectivity index (χ1) is 16.0. The number of nitrogens with zero attached hydrogens (tertiary/aromatic N) is 1. The molecule has 3 rings (SSSR count). The standard InChI is InChI=1S/C26H33BrN2O3S/c1-3-24(26(31)28-22-8-4-5-9-22)29(16-20-7-6-10-23(15-20)32-2)25(30)18-33-17-19-11-13-21(27)14-12-19/h6-7,10-15,22,24H,3-5,8-9,16-18H2,1-2H3,(H,28,31)/t24-/m1/s1. The van der Waals surface area contributed by atoms with Crippen LogP contribution < -0.4 is 10.1 Å². The van der Waals surface area contributed by atoms with Crippen LogP contribution in [0.1, 0.15) is 50.2 Å². The Hall–Kier alpha value is -1.99. The summed E-state index contributed by atoms with van der Waals surface area (Å²) >= 11 is 5.03. The van der Waals surface area contributed by atoms with Crippen LogP contribution in [0.25, 0.3) is 0 Å². The topological polar surface area (TPSA) is 58.6 Å². The number of hydrogen-bond acceptors (Lipinski definition) is 4. The minimum atomic E-state index is -0.488. The molecule has 0 radical (unpaired) electrons. The van der Waals surface area contributed by atoms with Gasteiger partial charge in [0.1, 0.15) is 11.8 Å². The summed E-state index contributed by atoms with van der Waals surface area (Å²) in [7, 11) is 1.63. The highest BCUT2D eigenvalue weighted by atomic mass is 79.9. The van der Waals surface area contributed by atoms with Crippen LogP contribution in [0, 0.1) is 0 Å². The number of ether oxygens (including phenoxy) is 1. The lowest BCUT2D eigenvalue weighted by Crippen LogP contribution is -2.51. The molecule has 1 saturated carbocycles. The fourth-order valence-corrected chi connectivity index (χ4v) is 5.31. The summed E-state index contributed by atoms with van der Waals surface area (Å²) < 4.78 is 6.39. The van der Waals surface area contributed by atoms with Gasteiger partial charge in [0.25, 0.3) is 0 Å². The van der Waals surface area contributed by atoms with E-state index in [9.17, 15) is 9.59 Å². The van der Waals surface area contributed by atoms with E-state index in [4.69, 9.17) is 4.74 Å². The van der Waals surface area contributed by atoms with Crippen LogP contribution in [-0.4, -0.2) is 41.7 Å². The van der Waals surface area contributed by atoms with Crippen molar-refractivity contribution in [3.05, 3.63) is 64.1 Å². The van der Waals surface area contributed by atoms with Gasteiger partial charge >= 0.3 is 0 Å². The molecule has 2 aromatic rings. The molecule has 33 heavy (non-hydrogen) atoms. The molecule has 2 aromatic carbocycles. The van der Waals surface area contributed by atoms with E-state index in [-0.39, 0.29) is 17.9 Å². The Bertz CT molecular complexity index is 916. The van der Waals surface area contributed by atoms with Crippen LogP contribution in [-0.2, 0) is 21.9 Å². The number of benzene rings is 2. The summed E-state index contributed by atoms with van der Waals surface area (Å²) in [6.45, 7) is 2.35. The maximum atomic E-state index is 13.4.